The second-order valence-corrected chi connectivity index (χ2v) is 6.67. The number of thiazole rings is 1. The van der Waals surface area contributed by atoms with Gasteiger partial charge in [0.05, 0.1) is 6.54 Å². The van der Waals surface area contributed by atoms with E-state index in [2.05, 4.69) is 24.8 Å². The summed E-state index contributed by atoms with van der Waals surface area (Å²) in [6.45, 7) is 1.77. The fourth-order valence-corrected chi connectivity index (χ4v) is 3.20. The van der Waals surface area contributed by atoms with E-state index in [4.69, 9.17) is 0 Å². The van der Waals surface area contributed by atoms with Crippen LogP contribution in [-0.4, -0.2) is 30.9 Å². The largest absolute Gasteiger partial charge is 0.289 e. The summed E-state index contributed by atoms with van der Waals surface area (Å²) in [5.74, 6) is 0.673. The first-order valence-electron chi connectivity index (χ1n) is 7.73. The van der Waals surface area contributed by atoms with Crippen molar-refractivity contribution in [3.8, 4) is 11.5 Å². The standard InChI is InChI=1S/C17H17N5S/c1-2-6-18-15(3-1)17-20-9-13(10-21-17)11-22(14-4-5-14)12-16-19-7-8-23-16/h1-3,6-10,14H,4-5,11-12H2. The molecule has 3 heterocycles. The van der Waals surface area contributed by atoms with Crippen LogP contribution in [0.25, 0.3) is 11.5 Å². The van der Waals surface area contributed by atoms with E-state index < -0.39 is 0 Å². The molecule has 0 N–H and O–H groups in total. The van der Waals surface area contributed by atoms with Crippen LogP contribution in [0.3, 0.4) is 0 Å². The minimum Gasteiger partial charge on any atom is -0.289 e. The van der Waals surface area contributed by atoms with Gasteiger partial charge in [-0.05, 0) is 25.0 Å². The third kappa shape index (κ3) is 3.60. The topological polar surface area (TPSA) is 54.8 Å². The molecule has 1 saturated carbocycles. The Balaban J connectivity index is 1.47. The smallest absolute Gasteiger partial charge is 0.178 e. The Morgan fingerprint density at radius 2 is 1.87 bits per heavy atom. The van der Waals surface area contributed by atoms with Gasteiger partial charge in [0.15, 0.2) is 5.82 Å². The molecule has 1 fully saturated rings. The summed E-state index contributed by atoms with van der Waals surface area (Å²) >= 11 is 1.71. The van der Waals surface area contributed by atoms with E-state index in [0.29, 0.717) is 11.9 Å². The molecule has 23 heavy (non-hydrogen) atoms. The van der Waals surface area contributed by atoms with Crippen molar-refractivity contribution in [2.45, 2.75) is 32.0 Å². The highest BCUT2D eigenvalue weighted by Crippen LogP contribution is 2.30. The molecule has 0 aromatic carbocycles. The molecule has 4 rings (SSSR count). The SMILES string of the molecule is c1ccc(-c2ncc(CN(Cc3nccs3)C3CC3)cn2)nc1. The first-order chi connectivity index (χ1) is 11.4. The predicted molar refractivity (Wildman–Crippen MR) is 89.6 cm³/mol. The molecular weight excluding hydrogens is 306 g/mol. The highest BCUT2D eigenvalue weighted by Gasteiger charge is 2.29. The number of rotatable bonds is 6. The molecule has 3 aromatic rings. The maximum Gasteiger partial charge on any atom is 0.178 e. The Morgan fingerprint density at radius 3 is 2.52 bits per heavy atom. The van der Waals surface area contributed by atoms with Gasteiger partial charge < -0.3 is 0 Å². The van der Waals surface area contributed by atoms with Gasteiger partial charge >= 0.3 is 0 Å². The van der Waals surface area contributed by atoms with Gasteiger partial charge in [-0.25, -0.2) is 15.0 Å². The van der Waals surface area contributed by atoms with E-state index in [9.17, 15) is 0 Å². The normalized spacial score (nSPS) is 14.3. The maximum absolute atomic E-state index is 4.47. The van der Waals surface area contributed by atoms with Crippen LogP contribution in [0, 0.1) is 0 Å². The maximum atomic E-state index is 4.47. The van der Waals surface area contributed by atoms with Crippen molar-refractivity contribution in [2.24, 2.45) is 0 Å². The van der Waals surface area contributed by atoms with Crippen LogP contribution in [0.2, 0.25) is 0 Å². The molecule has 0 spiro atoms. The Labute approximate surface area is 139 Å². The fourth-order valence-electron chi connectivity index (χ4n) is 2.56. The van der Waals surface area contributed by atoms with Gasteiger partial charge in [-0.1, -0.05) is 6.07 Å². The summed E-state index contributed by atoms with van der Waals surface area (Å²) in [6.07, 6.45) is 10.0. The zero-order valence-corrected chi connectivity index (χ0v) is 13.5. The molecule has 116 valence electrons. The molecular formula is C17H17N5S. The molecule has 0 bridgehead atoms. The van der Waals surface area contributed by atoms with E-state index in [1.807, 2.05) is 42.2 Å². The Kier molecular flexibility index (Phi) is 4.08. The molecule has 0 saturated heterocycles. The monoisotopic (exact) mass is 323 g/mol. The highest BCUT2D eigenvalue weighted by molar-refractivity contribution is 7.09. The Hall–Kier alpha value is -2.18. The number of nitrogens with zero attached hydrogens (tertiary/aromatic N) is 5. The van der Waals surface area contributed by atoms with Crippen LogP contribution >= 0.6 is 11.3 Å². The minimum absolute atomic E-state index is 0.673. The molecule has 5 nitrogen and oxygen atoms in total. The molecule has 0 radical (unpaired) electrons. The molecule has 0 unspecified atom stereocenters. The van der Waals surface area contributed by atoms with Gasteiger partial charge in [-0.2, -0.15) is 0 Å². The number of aromatic nitrogens is 4. The van der Waals surface area contributed by atoms with E-state index in [1.165, 1.54) is 17.8 Å². The van der Waals surface area contributed by atoms with Crippen LogP contribution in [-0.2, 0) is 13.1 Å². The third-order valence-corrected chi connectivity index (χ3v) is 4.63. The van der Waals surface area contributed by atoms with Crippen molar-refractivity contribution in [1.82, 2.24) is 24.8 Å². The molecule has 0 amide bonds. The van der Waals surface area contributed by atoms with Gasteiger partial charge in [0, 0.05) is 48.3 Å². The average Bonchev–Trinajstić information content (AvgIpc) is 3.33. The number of hydrogen-bond donors (Lipinski definition) is 0. The second-order valence-electron chi connectivity index (χ2n) is 5.69. The molecule has 0 aliphatic heterocycles. The van der Waals surface area contributed by atoms with Crippen LogP contribution in [0.5, 0.6) is 0 Å². The predicted octanol–water partition coefficient (Wildman–Crippen LogP) is 3.16. The summed E-state index contributed by atoms with van der Waals surface area (Å²) in [6, 6.07) is 6.44. The van der Waals surface area contributed by atoms with Crippen LogP contribution in [0.15, 0.2) is 48.4 Å². The quantitative estimate of drug-likeness (QED) is 0.697. The summed E-state index contributed by atoms with van der Waals surface area (Å²) in [7, 11) is 0. The van der Waals surface area contributed by atoms with E-state index in [0.717, 1.165) is 24.3 Å². The summed E-state index contributed by atoms with van der Waals surface area (Å²) in [5.41, 5.74) is 1.94. The van der Waals surface area contributed by atoms with Crippen molar-refractivity contribution in [3.63, 3.8) is 0 Å². The lowest BCUT2D eigenvalue weighted by atomic mass is 10.3. The van der Waals surface area contributed by atoms with Gasteiger partial charge in [-0.3, -0.25) is 9.88 Å². The molecule has 3 aromatic heterocycles. The van der Waals surface area contributed by atoms with Gasteiger partial charge in [0.2, 0.25) is 0 Å². The minimum atomic E-state index is 0.673. The van der Waals surface area contributed by atoms with Crippen molar-refractivity contribution in [2.75, 3.05) is 0 Å². The third-order valence-electron chi connectivity index (χ3n) is 3.87. The van der Waals surface area contributed by atoms with E-state index in [1.54, 1.807) is 17.5 Å². The second kappa shape index (κ2) is 6.52. The zero-order valence-electron chi connectivity index (χ0n) is 12.7. The van der Waals surface area contributed by atoms with Crippen LogP contribution < -0.4 is 0 Å². The first kappa shape index (κ1) is 14.4. The first-order valence-corrected chi connectivity index (χ1v) is 8.61. The van der Waals surface area contributed by atoms with Crippen molar-refractivity contribution >= 4 is 11.3 Å². The van der Waals surface area contributed by atoms with E-state index >= 15 is 0 Å². The van der Waals surface area contributed by atoms with Gasteiger partial charge in [0.1, 0.15) is 10.7 Å². The highest BCUT2D eigenvalue weighted by atomic mass is 32.1. The number of pyridine rings is 1. The van der Waals surface area contributed by atoms with Crippen LogP contribution in [0.4, 0.5) is 0 Å². The lowest BCUT2D eigenvalue weighted by Gasteiger charge is -2.20. The lowest BCUT2D eigenvalue weighted by Crippen LogP contribution is -2.25. The van der Waals surface area contributed by atoms with Crippen molar-refractivity contribution in [3.05, 3.63) is 58.9 Å². The molecule has 1 aliphatic rings. The van der Waals surface area contributed by atoms with E-state index in [-0.39, 0.29) is 0 Å². The summed E-state index contributed by atoms with van der Waals surface area (Å²) < 4.78 is 0. The lowest BCUT2D eigenvalue weighted by molar-refractivity contribution is 0.245. The van der Waals surface area contributed by atoms with Gasteiger partial charge in [0.25, 0.3) is 0 Å². The van der Waals surface area contributed by atoms with Crippen molar-refractivity contribution in [1.29, 1.82) is 0 Å². The van der Waals surface area contributed by atoms with Gasteiger partial charge in [-0.15, -0.1) is 11.3 Å². The van der Waals surface area contributed by atoms with Crippen molar-refractivity contribution < 1.29 is 0 Å². The summed E-state index contributed by atoms with van der Waals surface area (Å²) in [4.78, 5) is 20.1. The Bertz CT molecular complexity index is 738. The zero-order chi connectivity index (χ0) is 15.5. The summed E-state index contributed by atoms with van der Waals surface area (Å²) in [5, 5.41) is 3.20. The number of hydrogen-bond acceptors (Lipinski definition) is 6. The average molecular weight is 323 g/mol. The van der Waals surface area contributed by atoms with Crippen LogP contribution in [0.1, 0.15) is 23.4 Å². The molecule has 6 heteroatoms. The Morgan fingerprint density at radius 1 is 1.00 bits per heavy atom. The molecule has 1 aliphatic carbocycles. The fraction of sp³-hybridized carbons (Fsp3) is 0.294. The molecule has 0 atom stereocenters.